The van der Waals surface area contributed by atoms with Crippen molar-refractivity contribution in [1.82, 2.24) is 20.2 Å². The predicted octanol–water partition coefficient (Wildman–Crippen LogP) is 6.79. The molecule has 1 heterocycles. The molecule has 1 N–H and O–H groups in total. The van der Waals surface area contributed by atoms with Crippen molar-refractivity contribution < 1.29 is 9.53 Å². The lowest BCUT2D eigenvalue weighted by molar-refractivity contribution is -0.118. The maximum absolute atomic E-state index is 12.5. The SMILES string of the molecule is COc1ccc(-n2c(SCC(=O)NN=Cc3ccc(Cl)cc3Cl)nnc2-c2ccc(C(C)(C)C)cc2)cc1. The van der Waals surface area contributed by atoms with E-state index in [1.165, 1.54) is 23.5 Å². The number of hydrazone groups is 1. The summed E-state index contributed by atoms with van der Waals surface area (Å²) in [6, 6.07) is 20.9. The molecular weight excluding hydrogens is 541 g/mol. The highest BCUT2D eigenvalue weighted by atomic mass is 35.5. The quantitative estimate of drug-likeness (QED) is 0.144. The van der Waals surface area contributed by atoms with Gasteiger partial charge in [-0.2, -0.15) is 5.10 Å². The van der Waals surface area contributed by atoms with Gasteiger partial charge < -0.3 is 4.74 Å². The molecule has 0 spiro atoms. The topological polar surface area (TPSA) is 81.4 Å². The van der Waals surface area contributed by atoms with E-state index in [-0.39, 0.29) is 17.1 Å². The van der Waals surface area contributed by atoms with Gasteiger partial charge in [-0.1, -0.05) is 86.1 Å². The number of thioether (sulfide) groups is 1. The van der Waals surface area contributed by atoms with Gasteiger partial charge >= 0.3 is 0 Å². The number of nitrogens with one attached hydrogen (secondary N) is 1. The molecule has 3 aromatic carbocycles. The van der Waals surface area contributed by atoms with Crippen LogP contribution in [0.15, 0.2) is 77.0 Å². The van der Waals surface area contributed by atoms with Crippen molar-refractivity contribution in [2.24, 2.45) is 5.10 Å². The average molecular weight is 569 g/mol. The number of hydrogen-bond donors (Lipinski definition) is 1. The Morgan fingerprint density at radius 1 is 1.05 bits per heavy atom. The van der Waals surface area contributed by atoms with Crippen LogP contribution in [0.2, 0.25) is 10.0 Å². The van der Waals surface area contributed by atoms with Gasteiger partial charge in [0.25, 0.3) is 5.91 Å². The van der Waals surface area contributed by atoms with Crippen molar-refractivity contribution in [3.8, 4) is 22.8 Å². The minimum atomic E-state index is -0.295. The summed E-state index contributed by atoms with van der Waals surface area (Å²) in [4.78, 5) is 12.5. The summed E-state index contributed by atoms with van der Waals surface area (Å²) in [5, 5.41) is 14.4. The lowest BCUT2D eigenvalue weighted by Gasteiger charge is -2.19. The van der Waals surface area contributed by atoms with Crippen molar-refractivity contribution in [1.29, 1.82) is 0 Å². The molecule has 1 amide bonds. The van der Waals surface area contributed by atoms with Crippen molar-refractivity contribution in [3.63, 3.8) is 0 Å². The smallest absolute Gasteiger partial charge is 0.250 e. The molecule has 0 saturated carbocycles. The Morgan fingerprint density at radius 3 is 2.39 bits per heavy atom. The van der Waals surface area contributed by atoms with E-state index in [0.29, 0.717) is 26.6 Å². The minimum absolute atomic E-state index is 0.0396. The lowest BCUT2D eigenvalue weighted by Crippen LogP contribution is -2.20. The molecule has 38 heavy (non-hydrogen) atoms. The predicted molar refractivity (Wildman–Crippen MR) is 155 cm³/mol. The van der Waals surface area contributed by atoms with E-state index >= 15 is 0 Å². The third-order valence-corrected chi connectivity index (χ3v) is 7.15. The normalized spacial score (nSPS) is 11.6. The van der Waals surface area contributed by atoms with Crippen LogP contribution in [-0.2, 0) is 10.2 Å². The first-order valence-corrected chi connectivity index (χ1v) is 13.5. The molecular formula is C28H27Cl2N5O2S. The minimum Gasteiger partial charge on any atom is -0.497 e. The number of carbonyl (C=O) groups excluding carboxylic acids is 1. The Balaban J connectivity index is 1.55. The Bertz CT molecular complexity index is 1450. The highest BCUT2D eigenvalue weighted by molar-refractivity contribution is 7.99. The molecule has 196 valence electrons. The van der Waals surface area contributed by atoms with E-state index in [1.807, 2.05) is 41.0 Å². The number of methoxy groups -OCH3 is 1. The van der Waals surface area contributed by atoms with Crippen LogP contribution in [0.25, 0.3) is 17.1 Å². The van der Waals surface area contributed by atoms with E-state index in [2.05, 4.69) is 53.6 Å². The maximum Gasteiger partial charge on any atom is 0.250 e. The number of ether oxygens (including phenoxy) is 1. The van der Waals surface area contributed by atoms with Crippen LogP contribution in [0.3, 0.4) is 0 Å². The summed E-state index contributed by atoms with van der Waals surface area (Å²) in [7, 11) is 1.62. The summed E-state index contributed by atoms with van der Waals surface area (Å²) in [5.74, 6) is 1.21. The van der Waals surface area contributed by atoms with Crippen molar-refractivity contribution in [2.75, 3.05) is 12.9 Å². The molecule has 0 aliphatic rings. The van der Waals surface area contributed by atoms with Crippen molar-refractivity contribution in [2.45, 2.75) is 31.3 Å². The molecule has 1 aromatic heterocycles. The second kappa shape index (κ2) is 12.0. The fraction of sp³-hybridized carbons (Fsp3) is 0.214. The van der Waals surface area contributed by atoms with Gasteiger partial charge in [0.05, 0.1) is 24.1 Å². The molecule has 0 aliphatic carbocycles. The van der Waals surface area contributed by atoms with Crippen LogP contribution in [-0.4, -0.2) is 39.7 Å². The zero-order chi connectivity index (χ0) is 27.3. The van der Waals surface area contributed by atoms with Gasteiger partial charge in [0.15, 0.2) is 11.0 Å². The second-order valence-electron chi connectivity index (χ2n) is 9.41. The highest BCUT2D eigenvalue weighted by Gasteiger charge is 2.19. The van der Waals surface area contributed by atoms with Crippen LogP contribution in [0.1, 0.15) is 31.9 Å². The maximum atomic E-state index is 12.5. The van der Waals surface area contributed by atoms with Crippen LogP contribution < -0.4 is 10.2 Å². The number of rotatable bonds is 8. The third-order valence-electron chi connectivity index (χ3n) is 5.66. The highest BCUT2D eigenvalue weighted by Crippen LogP contribution is 2.31. The molecule has 0 radical (unpaired) electrons. The number of aromatic nitrogens is 3. The fourth-order valence-electron chi connectivity index (χ4n) is 3.58. The average Bonchev–Trinajstić information content (AvgIpc) is 3.32. The van der Waals surface area contributed by atoms with E-state index in [0.717, 1.165) is 17.0 Å². The van der Waals surface area contributed by atoms with Crippen LogP contribution in [0, 0.1) is 0 Å². The van der Waals surface area contributed by atoms with Gasteiger partial charge in [-0.3, -0.25) is 9.36 Å². The molecule has 0 saturated heterocycles. The summed E-state index contributed by atoms with van der Waals surface area (Å²) in [6.45, 7) is 6.53. The molecule has 4 aromatic rings. The van der Waals surface area contributed by atoms with Crippen LogP contribution in [0.4, 0.5) is 0 Å². The van der Waals surface area contributed by atoms with Gasteiger partial charge in [-0.25, -0.2) is 5.43 Å². The van der Waals surface area contributed by atoms with Crippen molar-refractivity contribution >= 4 is 47.1 Å². The fourth-order valence-corrected chi connectivity index (χ4v) is 4.78. The molecule has 10 heteroatoms. The molecule has 0 atom stereocenters. The van der Waals surface area contributed by atoms with Gasteiger partial charge in [0.1, 0.15) is 5.75 Å². The van der Waals surface area contributed by atoms with E-state index in [9.17, 15) is 4.79 Å². The van der Waals surface area contributed by atoms with Gasteiger partial charge in [-0.05, 0) is 47.4 Å². The van der Waals surface area contributed by atoms with Gasteiger partial charge in [0, 0.05) is 21.8 Å². The lowest BCUT2D eigenvalue weighted by atomic mass is 9.87. The molecule has 0 fully saturated rings. The largest absolute Gasteiger partial charge is 0.497 e. The van der Waals surface area contributed by atoms with Gasteiger partial charge in [0.2, 0.25) is 0 Å². The number of nitrogens with zero attached hydrogens (tertiary/aromatic N) is 4. The van der Waals surface area contributed by atoms with Crippen LogP contribution >= 0.6 is 35.0 Å². The number of halogens is 2. The number of hydrogen-bond acceptors (Lipinski definition) is 6. The Kier molecular flexibility index (Phi) is 8.76. The van der Waals surface area contributed by atoms with Crippen molar-refractivity contribution in [3.05, 3.63) is 87.9 Å². The van der Waals surface area contributed by atoms with Gasteiger partial charge in [-0.15, -0.1) is 10.2 Å². The number of benzene rings is 3. The van der Waals surface area contributed by atoms with E-state index < -0.39 is 0 Å². The zero-order valence-corrected chi connectivity index (χ0v) is 23.7. The standard InChI is InChI=1S/C28H27Cl2N5O2S/c1-28(2,3)20-8-5-18(6-9-20)26-33-34-27(35(26)22-11-13-23(37-4)14-12-22)38-17-25(36)32-31-16-19-7-10-21(29)15-24(19)30/h5-16H,17H2,1-4H3,(H,32,36). The summed E-state index contributed by atoms with van der Waals surface area (Å²) >= 11 is 13.3. The molecule has 0 unspecified atom stereocenters. The third kappa shape index (κ3) is 6.75. The zero-order valence-electron chi connectivity index (χ0n) is 21.4. The molecule has 0 aliphatic heterocycles. The first-order chi connectivity index (χ1) is 18.2. The molecule has 0 bridgehead atoms. The first kappa shape index (κ1) is 27.7. The Labute approximate surface area is 236 Å². The van der Waals surface area contributed by atoms with Crippen LogP contribution in [0.5, 0.6) is 5.75 Å². The Hall–Kier alpha value is -3.33. The molecule has 7 nitrogen and oxygen atoms in total. The summed E-state index contributed by atoms with van der Waals surface area (Å²) in [5.41, 5.74) is 6.20. The number of amides is 1. The summed E-state index contributed by atoms with van der Waals surface area (Å²) in [6.07, 6.45) is 1.47. The monoisotopic (exact) mass is 567 g/mol. The summed E-state index contributed by atoms with van der Waals surface area (Å²) < 4.78 is 7.24. The van der Waals surface area contributed by atoms with E-state index in [4.69, 9.17) is 27.9 Å². The second-order valence-corrected chi connectivity index (χ2v) is 11.2. The van der Waals surface area contributed by atoms with E-state index in [1.54, 1.807) is 25.3 Å². The Morgan fingerprint density at radius 2 is 1.76 bits per heavy atom. The molecule has 4 rings (SSSR count). The first-order valence-electron chi connectivity index (χ1n) is 11.8. The number of carbonyl (C=O) groups is 1.